The Morgan fingerprint density at radius 3 is 3.00 bits per heavy atom. The largest absolute Gasteiger partial charge is 0.327 e. The molecule has 0 saturated carbocycles. The van der Waals surface area contributed by atoms with Gasteiger partial charge >= 0.3 is 0 Å². The first-order chi connectivity index (χ1) is 8.22. The molecule has 1 aromatic heterocycles. The number of nitrogens with zero attached hydrogens (tertiary/aromatic N) is 1. The van der Waals surface area contributed by atoms with Gasteiger partial charge < -0.3 is 5.73 Å². The Labute approximate surface area is 109 Å². The number of hydrogen-bond acceptors (Lipinski definition) is 3. The van der Waals surface area contributed by atoms with Crippen LogP contribution in [-0.2, 0) is 19.3 Å². The van der Waals surface area contributed by atoms with Gasteiger partial charge in [0.25, 0.3) is 0 Å². The molecule has 0 aliphatic heterocycles. The third kappa shape index (κ3) is 3.29. The molecule has 1 aliphatic rings. The predicted molar refractivity (Wildman–Crippen MR) is 74.5 cm³/mol. The van der Waals surface area contributed by atoms with E-state index in [1.807, 2.05) is 11.3 Å². The van der Waals surface area contributed by atoms with Gasteiger partial charge in [0.05, 0.1) is 10.7 Å². The third-order valence-electron chi connectivity index (χ3n) is 3.74. The van der Waals surface area contributed by atoms with Crippen LogP contribution in [0.25, 0.3) is 0 Å². The lowest BCUT2D eigenvalue weighted by molar-refractivity contribution is 0.423. The quantitative estimate of drug-likeness (QED) is 0.873. The van der Waals surface area contributed by atoms with E-state index in [1.165, 1.54) is 42.8 Å². The van der Waals surface area contributed by atoms with Crippen molar-refractivity contribution in [3.05, 3.63) is 15.6 Å². The van der Waals surface area contributed by atoms with Crippen LogP contribution in [-0.4, -0.2) is 11.0 Å². The van der Waals surface area contributed by atoms with Crippen molar-refractivity contribution in [2.45, 2.75) is 64.8 Å². The number of thiazole rings is 1. The fourth-order valence-electron chi connectivity index (χ4n) is 2.61. The molecule has 2 atom stereocenters. The van der Waals surface area contributed by atoms with Gasteiger partial charge in [-0.15, -0.1) is 11.3 Å². The third-order valence-corrected chi connectivity index (χ3v) is 4.89. The second-order valence-corrected chi connectivity index (χ2v) is 6.42. The maximum atomic E-state index is 6.00. The normalized spacial score (nSPS) is 21.2. The standard InChI is InChI=1S/C14H24N2S/c1-3-5-10-6-7-12-13(8-10)17-14(16-12)9-11(15)4-2/h10-11H,3-9,15H2,1-2H3. The van der Waals surface area contributed by atoms with E-state index in [2.05, 4.69) is 13.8 Å². The number of hydrogen-bond donors (Lipinski definition) is 1. The average Bonchev–Trinajstić information content (AvgIpc) is 2.70. The second-order valence-electron chi connectivity index (χ2n) is 5.25. The summed E-state index contributed by atoms with van der Waals surface area (Å²) >= 11 is 1.92. The summed E-state index contributed by atoms with van der Waals surface area (Å²) in [6.45, 7) is 4.43. The molecule has 0 spiro atoms. The van der Waals surface area contributed by atoms with E-state index in [0.29, 0.717) is 0 Å². The predicted octanol–water partition coefficient (Wildman–Crippen LogP) is 3.33. The van der Waals surface area contributed by atoms with E-state index in [4.69, 9.17) is 10.7 Å². The zero-order valence-corrected chi connectivity index (χ0v) is 11.9. The fourth-order valence-corrected chi connectivity index (χ4v) is 3.93. The van der Waals surface area contributed by atoms with Gasteiger partial charge in [-0.25, -0.2) is 4.98 Å². The maximum absolute atomic E-state index is 6.00. The summed E-state index contributed by atoms with van der Waals surface area (Å²) in [6.07, 6.45) is 8.49. The molecule has 0 saturated heterocycles. The Balaban J connectivity index is 2.01. The molecule has 1 heterocycles. The van der Waals surface area contributed by atoms with E-state index < -0.39 is 0 Å². The van der Waals surface area contributed by atoms with Crippen molar-refractivity contribution in [1.82, 2.24) is 4.98 Å². The van der Waals surface area contributed by atoms with E-state index in [9.17, 15) is 0 Å². The maximum Gasteiger partial charge on any atom is 0.0946 e. The average molecular weight is 252 g/mol. The zero-order chi connectivity index (χ0) is 12.3. The molecule has 2 rings (SSSR count). The summed E-state index contributed by atoms with van der Waals surface area (Å²) in [5.41, 5.74) is 7.38. The molecular weight excluding hydrogens is 228 g/mol. The van der Waals surface area contributed by atoms with Gasteiger partial charge in [0, 0.05) is 17.3 Å². The molecule has 1 aromatic rings. The van der Waals surface area contributed by atoms with Crippen molar-refractivity contribution < 1.29 is 0 Å². The SMILES string of the molecule is CCCC1CCc2nc(CC(N)CC)sc2C1. The minimum absolute atomic E-state index is 0.286. The smallest absolute Gasteiger partial charge is 0.0946 e. The molecule has 0 radical (unpaired) electrons. The van der Waals surface area contributed by atoms with Gasteiger partial charge in [0.1, 0.15) is 0 Å². The lowest BCUT2D eigenvalue weighted by Crippen LogP contribution is -2.21. The minimum Gasteiger partial charge on any atom is -0.327 e. The van der Waals surface area contributed by atoms with Gasteiger partial charge in [-0.2, -0.15) is 0 Å². The summed E-state index contributed by atoms with van der Waals surface area (Å²) < 4.78 is 0. The van der Waals surface area contributed by atoms with Crippen molar-refractivity contribution >= 4 is 11.3 Å². The summed E-state index contributed by atoms with van der Waals surface area (Å²) in [7, 11) is 0. The first-order valence-electron chi connectivity index (χ1n) is 6.95. The molecule has 2 N–H and O–H groups in total. The molecule has 1 aliphatic carbocycles. The van der Waals surface area contributed by atoms with Crippen LogP contribution >= 0.6 is 11.3 Å². The Morgan fingerprint density at radius 1 is 1.47 bits per heavy atom. The highest BCUT2D eigenvalue weighted by Gasteiger charge is 2.22. The fraction of sp³-hybridized carbons (Fsp3) is 0.786. The van der Waals surface area contributed by atoms with Crippen LogP contribution in [0.2, 0.25) is 0 Å². The lowest BCUT2D eigenvalue weighted by Gasteiger charge is -2.20. The summed E-state index contributed by atoms with van der Waals surface area (Å²) in [5, 5.41) is 1.27. The second kappa shape index (κ2) is 5.96. The van der Waals surface area contributed by atoms with Gasteiger partial charge in [-0.1, -0.05) is 26.7 Å². The number of nitrogens with two attached hydrogens (primary N) is 1. The Morgan fingerprint density at radius 2 is 2.29 bits per heavy atom. The Hall–Kier alpha value is -0.410. The van der Waals surface area contributed by atoms with Crippen LogP contribution < -0.4 is 5.73 Å². The molecule has 0 aromatic carbocycles. The Bertz CT molecular complexity index is 359. The first kappa shape index (κ1) is 13.0. The molecule has 96 valence electrons. The molecule has 2 nitrogen and oxygen atoms in total. The van der Waals surface area contributed by atoms with E-state index >= 15 is 0 Å². The highest BCUT2D eigenvalue weighted by atomic mass is 32.1. The molecule has 3 heteroatoms. The molecule has 0 amide bonds. The van der Waals surface area contributed by atoms with Crippen molar-refractivity contribution in [2.24, 2.45) is 11.7 Å². The molecule has 0 fully saturated rings. The van der Waals surface area contributed by atoms with Crippen LogP contribution in [0.15, 0.2) is 0 Å². The van der Waals surface area contributed by atoms with Crippen LogP contribution in [0.5, 0.6) is 0 Å². The van der Waals surface area contributed by atoms with Crippen LogP contribution in [0.4, 0.5) is 0 Å². The topological polar surface area (TPSA) is 38.9 Å². The van der Waals surface area contributed by atoms with Crippen LogP contribution in [0.1, 0.15) is 55.1 Å². The zero-order valence-electron chi connectivity index (χ0n) is 11.0. The number of aryl methyl sites for hydroxylation is 1. The van der Waals surface area contributed by atoms with E-state index in [-0.39, 0.29) is 6.04 Å². The molecule has 0 bridgehead atoms. The molecule has 17 heavy (non-hydrogen) atoms. The molecular formula is C14H24N2S. The van der Waals surface area contributed by atoms with E-state index in [1.54, 1.807) is 4.88 Å². The van der Waals surface area contributed by atoms with Crippen molar-refractivity contribution in [2.75, 3.05) is 0 Å². The number of aromatic nitrogens is 1. The van der Waals surface area contributed by atoms with Gasteiger partial charge in [-0.3, -0.25) is 0 Å². The lowest BCUT2D eigenvalue weighted by atomic mass is 9.88. The van der Waals surface area contributed by atoms with Gasteiger partial charge in [0.2, 0.25) is 0 Å². The van der Waals surface area contributed by atoms with Crippen molar-refractivity contribution in [3.8, 4) is 0 Å². The first-order valence-corrected chi connectivity index (χ1v) is 7.77. The van der Waals surface area contributed by atoms with E-state index in [0.717, 1.165) is 18.8 Å². The summed E-state index contributed by atoms with van der Waals surface area (Å²) in [6, 6.07) is 0.286. The highest BCUT2D eigenvalue weighted by molar-refractivity contribution is 7.11. The van der Waals surface area contributed by atoms with Gasteiger partial charge in [0.15, 0.2) is 0 Å². The summed E-state index contributed by atoms with van der Waals surface area (Å²) in [5.74, 6) is 0.903. The number of rotatable bonds is 5. The van der Waals surface area contributed by atoms with Crippen molar-refractivity contribution in [3.63, 3.8) is 0 Å². The molecule has 2 unspecified atom stereocenters. The number of fused-ring (bicyclic) bond motifs is 1. The minimum atomic E-state index is 0.286. The monoisotopic (exact) mass is 252 g/mol. The van der Waals surface area contributed by atoms with Crippen molar-refractivity contribution in [1.29, 1.82) is 0 Å². The summed E-state index contributed by atoms with van der Waals surface area (Å²) in [4.78, 5) is 6.32. The highest BCUT2D eigenvalue weighted by Crippen LogP contribution is 2.32. The van der Waals surface area contributed by atoms with Gasteiger partial charge in [-0.05, 0) is 31.6 Å². The van der Waals surface area contributed by atoms with Crippen LogP contribution in [0.3, 0.4) is 0 Å². The Kier molecular flexibility index (Phi) is 4.57. The van der Waals surface area contributed by atoms with Crippen LogP contribution in [0, 0.1) is 5.92 Å².